The Kier molecular flexibility index (Phi) is 4.54. The predicted molar refractivity (Wildman–Crippen MR) is 86.7 cm³/mol. The molecular weight excluding hydrogens is 300 g/mol. The third-order valence-electron chi connectivity index (χ3n) is 3.47. The third-order valence-corrected chi connectivity index (χ3v) is 4.48. The fourth-order valence-electron chi connectivity index (χ4n) is 2.35. The molecule has 0 aromatic heterocycles. The van der Waals surface area contributed by atoms with Gasteiger partial charge in [0.1, 0.15) is 12.4 Å². The first-order valence-corrected chi connectivity index (χ1v) is 7.90. The maximum Gasteiger partial charge on any atom is 0.178 e. The molecular formula is C16H18N2O3S. The van der Waals surface area contributed by atoms with E-state index in [9.17, 15) is 10.2 Å². The summed E-state index contributed by atoms with van der Waals surface area (Å²) in [5.74, 6) is 0.649. The molecule has 0 radical (unpaired) electrons. The number of hydrogen-bond acceptors (Lipinski definition) is 6. The first-order valence-electron chi connectivity index (χ1n) is 7.02. The molecule has 116 valence electrons. The Morgan fingerprint density at radius 3 is 2.73 bits per heavy atom. The second-order valence-corrected chi connectivity index (χ2v) is 6.09. The number of benzene rings is 2. The molecule has 3 rings (SSSR count). The number of anilines is 1. The first kappa shape index (κ1) is 15.2. The number of fused-ring (bicyclic) bond motifs is 1. The minimum absolute atomic E-state index is 0.132. The predicted octanol–water partition coefficient (Wildman–Crippen LogP) is 2.05. The van der Waals surface area contributed by atoms with Crippen LogP contribution in [0.5, 0.6) is 5.75 Å². The molecule has 6 heteroatoms. The highest BCUT2D eigenvalue weighted by molar-refractivity contribution is 8.00. The molecule has 1 unspecified atom stereocenters. The first-order chi connectivity index (χ1) is 10.7. The number of nitrogens with one attached hydrogen (secondary N) is 1. The van der Waals surface area contributed by atoms with E-state index in [4.69, 9.17) is 10.5 Å². The van der Waals surface area contributed by atoms with Gasteiger partial charge in [0.05, 0.1) is 11.8 Å². The van der Waals surface area contributed by atoms with Crippen LogP contribution in [0.4, 0.5) is 5.69 Å². The highest BCUT2D eigenvalue weighted by Crippen LogP contribution is 2.47. The number of hydrogen-bond donors (Lipinski definition) is 4. The van der Waals surface area contributed by atoms with Gasteiger partial charge in [-0.2, -0.15) is 0 Å². The van der Waals surface area contributed by atoms with Crippen molar-refractivity contribution in [2.75, 3.05) is 11.9 Å². The van der Waals surface area contributed by atoms with Gasteiger partial charge in [-0.25, -0.2) is 0 Å². The Hall–Kier alpha value is -1.73. The van der Waals surface area contributed by atoms with Gasteiger partial charge in [-0.1, -0.05) is 48.2 Å². The number of ether oxygens (including phenoxy) is 1. The number of aliphatic hydroxyl groups is 2. The van der Waals surface area contributed by atoms with Crippen LogP contribution in [-0.2, 0) is 6.61 Å². The molecule has 0 bridgehead atoms. The van der Waals surface area contributed by atoms with Crippen molar-refractivity contribution >= 4 is 17.4 Å². The summed E-state index contributed by atoms with van der Waals surface area (Å²) in [6, 6.07) is 13.4. The zero-order chi connectivity index (χ0) is 15.5. The van der Waals surface area contributed by atoms with Gasteiger partial charge in [-0.15, -0.1) is 0 Å². The molecule has 2 aromatic carbocycles. The molecule has 0 amide bonds. The maximum absolute atomic E-state index is 9.99. The lowest BCUT2D eigenvalue weighted by molar-refractivity contribution is 0.184. The van der Waals surface area contributed by atoms with E-state index in [-0.39, 0.29) is 6.54 Å². The van der Waals surface area contributed by atoms with Gasteiger partial charge in [-0.3, -0.25) is 0 Å². The Bertz CT molecular complexity index is 651. The van der Waals surface area contributed by atoms with Crippen molar-refractivity contribution in [3.63, 3.8) is 0 Å². The molecule has 0 spiro atoms. The van der Waals surface area contributed by atoms with E-state index in [1.54, 1.807) is 12.1 Å². The summed E-state index contributed by atoms with van der Waals surface area (Å²) in [6.07, 6.45) is -0.753. The maximum atomic E-state index is 9.99. The number of nitrogens with two attached hydrogens (primary N) is 1. The average Bonchev–Trinajstić information content (AvgIpc) is 2.94. The minimum atomic E-state index is -0.753. The fraction of sp³-hybridized carbons (Fsp3) is 0.250. The van der Waals surface area contributed by atoms with E-state index in [1.807, 2.05) is 30.3 Å². The van der Waals surface area contributed by atoms with E-state index in [0.29, 0.717) is 23.6 Å². The van der Waals surface area contributed by atoms with Gasteiger partial charge >= 0.3 is 0 Å². The molecule has 5 nitrogen and oxygen atoms in total. The van der Waals surface area contributed by atoms with Gasteiger partial charge in [0, 0.05) is 11.4 Å². The Morgan fingerprint density at radius 2 is 2.00 bits per heavy atom. The van der Waals surface area contributed by atoms with Gasteiger partial charge in [-0.05, 0) is 17.2 Å². The lowest BCUT2D eigenvalue weighted by Gasteiger charge is -2.15. The number of thioether (sulfide) groups is 1. The second kappa shape index (κ2) is 6.58. The Balaban J connectivity index is 1.85. The van der Waals surface area contributed by atoms with Crippen LogP contribution in [-0.4, -0.2) is 22.3 Å². The normalized spacial score (nSPS) is 17.7. The van der Waals surface area contributed by atoms with E-state index >= 15 is 0 Å². The Morgan fingerprint density at radius 1 is 1.23 bits per heavy atom. The van der Waals surface area contributed by atoms with Crippen LogP contribution in [0.15, 0.2) is 47.4 Å². The SMILES string of the molecule is NC[C@H](O)c1ccc(OCc2ccccc2)c2c1SC(O)N2. The summed E-state index contributed by atoms with van der Waals surface area (Å²) >= 11 is 1.25. The van der Waals surface area contributed by atoms with E-state index < -0.39 is 11.7 Å². The van der Waals surface area contributed by atoms with Crippen molar-refractivity contribution in [2.24, 2.45) is 5.73 Å². The fourth-order valence-corrected chi connectivity index (χ4v) is 3.37. The summed E-state index contributed by atoms with van der Waals surface area (Å²) in [6.45, 7) is 0.571. The smallest absolute Gasteiger partial charge is 0.178 e. The zero-order valence-electron chi connectivity index (χ0n) is 11.9. The summed E-state index contributed by atoms with van der Waals surface area (Å²) in [5, 5.41) is 22.8. The van der Waals surface area contributed by atoms with E-state index in [1.165, 1.54) is 11.8 Å². The van der Waals surface area contributed by atoms with Gasteiger partial charge in [0.25, 0.3) is 0 Å². The van der Waals surface area contributed by atoms with Crippen molar-refractivity contribution in [1.29, 1.82) is 0 Å². The number of aliphatic hydroxyl groups excluding tert-OH is 2. The average molecular weight is 318 g/mol. The summed E-state index contributed by atoms with van der Waals surface area (Å²) in [7, 11) is 0. The third kappa shape index (κ3) is 3.05. The van der Waals surface area contributed by atoms with Crippen LogP contribution in [0.1, 0.15) is 17.2 Å². The number of rotatable bonds is 5. The van der Waals surface area contributed by atoms with Crippen LogP contribution in [0.3, 0.4) is 0 Å². The highest BCUT2D eigenvalue weighted by Gasteiger charge is 2.28. The van der Waals surface area contributed by atoms with Crippen LogP contribution < -0.4 is 15.8 Å². The molecule has 0 saturated carbocycles. The van der Waals surface area contributed by atoms with Crippen LogP contribution in [0, 0.1) is 0 Å². The van der Waals surface area contributed by atoms with Crippen LogP contribution in [0.2, 0.25) is 0 Å². The topological polar surface area (TPSA) is 87.7 Å². The van der Waals surface area contributed by atoms with Crippen LogP contribution in [0.25, 0.3) is 0 Å². The molecule has 2 atom stereocenters. The summed E-state index contributed by atoms with van der Waals surface area (Å²) in [4.78, 5) is 0.788. The molecule has 0 aliphatic carbocycles. The molecule has 1 aliphatic heterocycles. The van der Waals surface area contributed by atoms with Crippen LogP contribution >= 0.6 is 11.8 Å². The van der Waals surface area contributed by atoms with E-state index in [2.05, 4.69) is 5.32 Å². The Labute approximate surface area is 133 Å². The monoisotopic (exact) mass is 318 g/mol. The lowest BCUT2D eigenvalue weighted by atomic mass is 10.1. The molecule has 0 fully saturated rings. The minimum Gasteiger partial charge on any atom is -0.487 e. The van der Waals surface area contributed by atoms with Crippen molar-refractivity contribution < 1.29 is 14.9 Å². The highest BCUT2D eigenvalue weighted by atomic mass is 32.2. The molecule has 0 saturated heterocycles. The molecule has 2 aromatic rings. The van der Waals surface area contributed by atoms with Crippen molar-refractivity contribution in [3.8, 4) is 5.75 Å². The van der Waals surface area contributed by atoms with Crippen molar-refractivity contribution in [3.05, 3.63) is 53.6 Å². The van der Waals surface area contributed by atoms with Crippen molar-refractivity contribution in [2.45, 2.75) is 23.2 Å². The summed E-state index contributed by atoms with van der Waals surface area (Å²) in [5.41, 5.74) is 7.26. The lowest BCUT2D eigenvalue weighted by Crippen LogP contribution is -2.12. The van der Waals surface area contributed by atoms with Crippen molar-refractivity contribution in [1.82, 2.24) is 0 Å². The van der Waals surface area contributed by atoms with Gasteiger partial charge in [0.15, 0.2) is 5.56 Å². The summed E-state index contributed by atoms with van der Waals surface area (Å²) < 4.78 is 5.85. The molecule has 1 heterocycles. The largest absolute Gasteiger partial charge is 0.487 e. The van der Waals surface area contributed by atoms with Gasteiger partial charge in [0.2, 0.25) is 0 Å². The quantitative estimate of drug-likeness (QED) is 0.675. The molecule has 22 heavy (non-hydrogen) atoms. The van der Waals surface area contributed by atoms with Gasteiger partial charge < -0.3 is 26.0 Å². The second-order valence-electron chi connectivity index (χ2n) is 5.00. The van der Waals surface area contributed by atoms with E-state index in [0.717, 1.165) is 10.5 Å². The molecule has 1 aliphatic rings. The zero-order valence-corrected chi connectivity index (χ0v) is 12.7. The molecule has 5 N–H and O–H groups in total. The standard InChI is InChI=1S/C16H18N2O3S/c17-8-12(19)11-6-7-13(14-15(11)22-16(20)18-14)21-9-10-4-2-1-3-5-10/h1-7,12,16,18-20H,8-9,17H2/t12-,16?/m0/s1.